The Morgan fingerprint density at radius 1 is 1.64 bits per heavy atom. The fourth-order valence-corrected chi connectivity index (χ4v) is 2.01. The SMILES string of the molecule is Cc1ncsc1CCN(C)C(C)CN. The number of nitrogens with zero attached hydrogens (tertiary/aromatic N) is 2. The summed E-state index contributed by atoms with van der Waals surface area (Å²) in [5.41, 5.74) is 8.68. The summed E-state index contributed by atoms with van der Waals surface area (Å²) >= 11 is 1.74. The van der Waals surface area contributed by atoms with Crippen LogP contribution in [0.2, 0.25) is 0 Å². The number of aryl methyl sites for hydroxylation is 1. The van der Waals surface area contributed by atoms with Gasteiger partial charge in [-0.2, -0.15) is 0 Å². The minimum atomic E-state index is 0.461. The molecule has 0 saturated heterocycles. The molecule has 0 radical (unpaired) electrons. The van der Waals surface area contributed by atoms with Crippen molar-refractivity contribution >= 4 is 11.3 Å². The topological polar surface area (TPSA) is 42.2 Å². The van der Waals surface area contributed by atoms with Crippen LogP contribution >= 0.6 is 11.3 Å². The standard InChI is InChI=1S/C10H19N3S/c1-8(6-11)13(3)5-4-10-9(2)12-7-14-10/h7-8H,4-6,11H2,1-3H3. The molecule has 0 spiro atoms. The average molecular weight is 213 g/mol. The molecule has 0 aliphatic heterocycles. The smallest absolute Gasteiger partial charge is 0.0797 e. The predicted octanol–water partition coefficient (Wildman–Crippen LogP) is 1.27. The number of hydrogen-bond donors (Lipinski definition) is 1. The van der Waals surface area contributed by atoms with Gasteiger partial charge in [0.1, 0.15) is 0 Å². The highest BCUT2D eigenvalue weighted by atomic mass is 32.1. The van der Waals surface area contributed by atoms with Crippen LogP contribution in [0.4, 0.5) is 0 Å². The molecular weight excluding hydrogens is 194 g/mol. The molecule has 0 aliphatic rings. The number of hydrogen-bond acceptors (Lipinski definition) is 4. The molecule has 1 rings (SSSR count). The van der Waals surface area contributed by atoms with E-state index >= 15 is 0 Å². The number of thiazole rings is 1. The Morgan fingerprint density at radius 3 is 2.86 bits per heavy atom. The Kier molecular flexibility index (Phi) is 4.51. The molecule has 1 heterocycles. The Balaban J connectivity index is 2.37. The van der Waals surface area contributed by atoms with E-state index in [1.54, 1.807) is 11.3 Å². The van der Waals surface area contributed by atoms with E-state index in [0.717, 1.165) is 19.5 Å². The molecule has 1 aromatic heterocycles. The van der Waals surface area contributed by atoms with E-state index in [9.17, 15) is 0 Å². The van der Waals surface area contributed by atoms with Gasteiger partial charge in [0.2, 0.25) is 0 Å². The normalized spacial score (nSPS) is 13.5. The van der Waals surface area contributed by atoms with Crippen LogP contribution in [0, 0.1) is 6.92 Å². The highest BCUT2D eigenvalue weighted by molar-refractivity contribution is 7.09. The summed E-state index contributed by atoms with van der Waals surface area (Å²) in [5.74, 6) is 0. The van der Waals surface area contributed by atoms with Crippen LogP contribution < -0.4 is 5.73 Å². The van der Waals surface area contributed by atoms with Gasteiger partial charge in [0.15, 0.2) is 0 Å². The van der Waals surface area contributed by atoms with Gasteiger partial charge in [-0.1, -0.05) is 0 Å². The molecule has 1 atom stereocenters. The second-order valence-corrected chi connectivity index (χ2v) is 4.62. The molecule has 0 bridgehead atoms. The molecule has 0 aliphatic carbocycles. The molecule has 3 nitrogen and oxygen atoms in total. The van der Waals surface area contributed by atoms with Crippen LogP contribution in [0.5, 0.6) is 0 Å². The van der Waals surface area contributed by atoms with Gasteiger partial charge < -0.3 is 10.6 Å². The highest BCUT2D eigenvalue weighted by Gasteiger charge is 2.08. The van der Waals surface area contributed by atoms with Crippen LogP contribution in [-0.4, -0.2) is 36.1 Å². The number of rotatable bonds is 5. The van der Waals surface area contributed by atoms with Crippen molar-refractivity contribution in [2.45, 2.75) is 26.3 Å². The summed E-state index contributed by atoms with van der Waals surface area (Å²) in [5, 5.41) is 0. The van der Waals surface area contributed by atoms with Crippen LogP contribution in [0.3, 0.4) is 0 Å². The molecule has 0 aromatic carbocycles. The van der Waals surface area contributed by atoms with Gasteiger partial charge >= 0.3 is 0 Å². The van der Waals surface area contributed by atoms with Crippen LogP contribution in [0.15, 0.2) is 5.51 Å². The van der Waals surface area contributed by atoms with Crippen molar-refractivity contribution in [3.63, 3.8) is 0 Å². The predicted molar refractivity (Wildman–Crippen MR) is 61.7 cm³/mol. The quantitative estimate of drug-likeness (QED) is 0.801. The lowest BCUT2D eigenvalue weighted by Crippen LogP contribution is -2.36. The summed E-state index contributed by atoms with van der Waals surface area (Å²) in [4.78, 5) is 7.92. The lowest BCUT2D eigenvalue weighted by molar-refractivity contribution is 0.266. The summed E-state index contributed by atoms with van der Waals surface area (Å²) in [6.45, 7) is 6.00. The first-order valence-corrected chi connectivity index (χ1v) is 5.82. The van der Waals surface area contributed by atoms with Gasteiger partial charge in [0.25, 0.3) is 0 Å². The van der Waals surface area contributed by atoms with Crippen molar-refractivity contribution < 1.29 is 0 Å². The van der Waals surface area contributed by atoms with Crippen molar-refractivity contribution in [2.75, 3.05) is 20.1 Å². The van der Waals surface area contributed by atoms with E-state index in [4.69, 9.17) is 5.73 Å². The zero-order chi connectivity index (χ0) is 10.6. The van der Waals surface area contributed by atoms with E-state index in [0.29, 0.717) is 6.04 Å². The summed E-state index contributed by atoms with van der Waals surface area (Å²) < 4.78 is 0. The average Bonchev–Trinajstić information content (AvgIpc) is 2.59. The van der Waals surface area contributed by atoms with Crippen molar-refractivity contribution in [3.05, 3.63) is 16.1 Å². The maximum Gasteiger partial charge on any atom is 0.0797 e. The van der Waals surface area contributed by atoms with Gasteiger partial charge in [-0.3, -0.25) is 0 Å². The van der Waals surface area contributed by atoms with Gasteiger partial charge in [0, 0.05) is 24.0 Å². The molecule has 2 N–H and O–H groups in total. The molecular formula is C10H19N3S. The maximum absolute atomic E-state index is 5.60. The minimum Gasteiger partial charge on any atom is -0.329 e. The Hall–Kier alpha value is -0.450. The molecule has 1 aromatic rings. The third kappa shape index (κ3) is 3.04. The second kappa shape index (κ2) is 5.44. The third-order valence-corrected chi connectivity index (χ3v) is 3.62. The zero-order valence-corrected chi connectivity index (χ0v) is 9.97. The van der Waals surface area contributed by atoms with Crippen LogP contribution in [0.1, 0.15) is 17.5 Å². The van der Waals surface area contributed by atoms with E-state index in [1.165, 1.54) is 10.6 Å². The largest absolute Gasteiger partial charge is 0.329 e. The summed E-state index contributed by atoms with van der Waals surface area (Å²) in [6, 6.07) is 0.461. The molecule has 1 unspecified atom stereocenters. The monoisotopic (exact) mass is 213 g/mol. The lowest BCUT2D eigenvalue weighted by Gasteiger charge is -2.22. The first-order chi connectivity index (χ1) is 6.65. The Labute approximate surface area is 89.9 Å². The van der Waals surface area contributed by atoms with Crippen molar-refractivity contribution in [2.24, 2.45) is 5.73 Å². The molecule has 0 saturated carbocycles. The Bertz CT molecular complexity index is 272. The molecule has 0 fully saturated rings. The number of aromatic nitrogens is 1. The van der Waals surface area contributed by atoms with Gasteiger partial charge in [-0.15, -0.1) is 11.3 Å². The maximum atomic E-state index is 5.60. The molecule has 80 valence electrons. The summed E-state index contributed by atoms with van der Waals surface area (Å²) in [7, 11) is 2.12. The molecule has 14 heavy (non-hydrogen) atoms. The van der Waals surface area contributed by atoms with E-state index in [-0.39, 0.29) is 0 Å². The Morgan fingerprint density at radius 2 is 2.36 bits per heavy atom. The van der Waals surface area contributed by atoms with E-state index in [1.807, 2.05) is 5.51 Å². The van der Waals surface area contributed by atoms with Crippen LogP contribution in [0.25, 0.3) is 0 Å². The van der Waals surface area contributed by atoms with Crippen molar-refractivity contribution in [1.82, 2.24) is 9.88 Å². The summed E-state index contributed by atoms with van der Waals surface area (Å²) in [6.07, 6.45) is 1.08. The first-order valence-electron chi connectivity index (χ1n) is 4.94. The van der Waals surface area contributed by atoms with Crippen LogP contribution in [-0.2, 0) is 6.42 Å². The van der Waals surface area contributed by atoms with Crippen molar-refractivity contribution in [3.8, 4) is 0 Å². The lowest BCUT2D eigenvalue weighted by atomic mass is 10.2. The zero-order valence-electron chi connectivity index (χ0n) is 9.16. The number of nitrogens with two attached hydrogens (primary N) is 1. The van der Waals surface area contributed by atoms with Gasteiger partial charge in [-0.05, 0) is 27.3 Å². The fourth-order valence-electron chi connectivity index (χ4n) is 1.24. The minimum absolute atomic E-state index is 0.461. The van der Waals surface area contributed by atoms with Gasteiger partial charge in [-0.25, -0.2) is 4.98 Å². The fraction of sp³-hybridized carbons (Fsp3) is 0.700. The number of likely N-dealkylation sites (N-methyl/N-ethyl adjacent to an activating group) is 1. The third-order valence-electron chi connectivity index (χ3n) is 2.63. The van der Waals surface area contributed by atoms with Crippen molar-refractivity contribution in [1.29, 1.82) is 0 Å². The van der Waals surface area contributed by atoms with E-state index in [2.05, 4.69) is 30.8 Å². The molecule has 4 heteroatoms. The first kappa shape index (κ1) is 11.6. The van der Waals surface area contributed by atoms with E-state index < -0.39 is 0 Å². The van der Waals surface area contributed by atoms with Gasteiger partial charge in [0.05, 0.1) is 11.2 Å². The molecule has 0 amide bonds. The second-order valence-electron chi connectivity index (χ2n) is 3.68. The highest BCUT2D eigenvalue weighted by Crippen LogP contribution is 2.13.